The van der Waals surface area contributed by atoms with Crippen molar-refractivity contribution in [1.82, 2.24) is 15.0 Å². The number of imidazole rings is 1. The van der Waals surface area contributed by atoms with Crippen molar-refractivity contribution in [3.8, 4) is 0 Å². The average molecular weight is 461 g/mol. The van der Waals surface area contributed by atoms with E-state index in [-0.39, 0.29) is 4.47 Å². The Morgan fingerprint density at radius 2 is 1.81 bits per heavy atom. The van der Waals surface area contributed by atoms with Gasteiger partial charge < -0.3 is 14.8 Å². The van der Waals surface area contributed by atoms with Gasteiger partial charge in [0.2, 0.25) is 5.95 Å². The van der Waals surface area contributed by atoms with Gasteiger partial charge in [0.25, 0.3) is 0 Å². The molecule has 2 aromatic heterocycles. The number of nitrogens with one attached hydrogen (secondary N) is 1. The van der Waals surface area contributed by atoms with Crippen LogP contribution in [0, 0.1) is 0 Å². The van der Waals surface area contributed by atoms with E-state index >= 15 is 0 Å². The van der Waals surface area contributed by atoms with E-state index in [1.54, 1.807) is 18.3 Å². The van der Waals surface area contributed by atoms with Crippen LogP contribution in [0.15, 0.2) is 34.9 Å². The summed E-state index contributed by atoms with van der Waals surface area (Å²) in [6, 6.07) is 6.05. The van der Waals surface area contributed by atoms with Gasteiger partial charge in [-0.2, -0.15) is 13.2 Å². The number of hydrogen-bond donors (Lipinski definition) is 1. The summed E-state index contributed by atoms with van der Waals surface area (Å²) in [5, 5.41) is 0.596. The Kier molecular flexibility index (Phi) is 4.67. The largest absolute Gasteiger partial charge is 0.417 e. The predicted molar refractivity (Wildman–Crippen MR) is 102 cm³/mol. The Hall–Kier alpha value is -2.00. The molecule has 4 rings (SSSR count). The van der Waals surface area contributed by atoms with Crippen molar-refractivity contribution >= 4 is 50.3 Å². The van der Waals surface area contributed by atoms with Crippen molar-refractivity contribution in [2.75, 3.05) is 36.0 Å². The molecular formula is C17H14BrClF3N5. The van der Waals surface area contributed by atoms with Gasteiger partial charge in [0.1, 0.15) is 5.82 Å². The number of benzene rings is 1. The van der Waals surface area contributed by atoms with Gasteiger partial charge in [-0.1, -0.05) is 27.5 Å². The first-order valence-electron chi connectivity index (χ1n) is 8.20. The average Bonchev–Trinajstić information content (AvgIpc) is 3.03. The van der Waals surface area contributed by atoms with E-state index in [4.69, 9.17) is 11.6 Å². The maximum Gasteiger partial charge on any atom is 0.417 e. The topological polar surface area (TPSA) is 48.1 Å². The highest BCUT2D eigenvalue weighted by atomic mass is 79.9. The third-order valence-electron chi connectivity index (χ3n) is 4.48. The molecule has 0 bridgehead atoms. The highest BCUT2D eigenvalue weighted by molar-refractivity contribution is 9.10. The van der Waals surface area contributed by atoms with Crippen molar-refractivity contribution < 1.29 is 13.2 Å². The van der Waals surface area contributed by atoms with Crippen LogP contribution in [0.4, 0.5) is 24.9 Å². The maximum atomic E-state index is 13.1. The molecule has 0 aliphatic carbocycles. The highest BCUT2D eigenvalue weighted by Crippen LogP contribution is 2.37. The van der Waals surface area contributed by atoms with Crippen LogP contribution in [-0.4, -0.2) is 41.1 Å². The van der Waals surface area contributed by atoms with Crippen molar-refractivity contribution in [3.63, 3.8) is 0 Å². The van der Waals surface area contributed by atoms with E-state index in [9.17, 15) is 13.2 Å². The number of hydrogen-bond acceptors (Lipinski definition) is 4. The fraction of sp³-hybridized carbons (Fsp3) is 0.294. The lowest BCUT2D eigenvalue weighted by atomic mass is 10.2. The van der Waals surface area contributed by atoms with Crippen LogP contribution in [-0.2, 0) is 6.18 Å². The number of pyridine rings is 1. The number of nitrogens with zero attached hydrogens (tertiary/aromatic N) is 4. The van der Waals surface area contributed by atoms with Gasteiger partial charge >= 0.3 is 6.18 Å². The quantitative estimate of drug-likeness (QED) is 0.601. The molecule has 1 aromatic carbocycles. The van der Waals surface area contributed by atoms with Gasteiger partial charge in [-0.05, 0) is 24.3 Å². The molecule has 0 saturated carbocycles. The molecule has 3 heterocycles. The third kappa shape index (κ3) is 3.58. The van der Waals surface area contributed by atoms with Crippen LogP contribution in [0.5, 0.6) is 0 Å². The lowest BCUT2D eigenvalue weighted by Crippen LogP contribution is -2.47. The number of fused-ring (bicyclic) bond motifs is 1. The summed E-state index contributed by atoms with van der Waals surface area (Å²) >= 11 is 9.18. The third-order valence-corrected chi connectivity index (χ3v) is 5.43. The number of piperazine rings is 1. The molecule has 0 atom stereocenters. The Bertz CT molecular complexity index is 982. The molecule has 0 spiro atoms. The molecule has 1 aliphatic heterocycles. The number of aromatic nitrogens is 3. The lowest BCUT2D eigenvalue weighted by molar-refractivity contribution is -0.138. The number of alkyl halides is 3. The van der Waals surface area contributed by atoms with Crippen molar-refractivity contribution in [2.24, 2.45) is 0 Å². The van der Waals surface area contributed by atoms with E-state index in [0.29, 0.717) is 48.2 Å². The van der Waals surface area contributed by atoms with Crippen LogP contribution in [0.25, 0.3) is 11.0 Å². The molecule has 10 heteroatoms. The van der Waals surface area contributed by atoms with E-state index in [0.717, 1.165) is 11.9 Å². The fourth-order valence-electron chi connectivity index (χ4n) is 3.12. The van der Waals surface area contributed by atoms with Crippen LogP contribution in [0.1, 0.15) is 5.56 Å². The zero-order valence-corrected chi connectivity index (χ0v) is 16.2. The van der Waals surface area contributed by atoms with E-state index in [2.05, 4.69) is 35.8 Å². The first kappa shape index (κ1) is 18.4. The summed E-state index contributed by atoms with van der Waals surface area (Å²) < 4.78 is 39.2. The molecule has 5 nitrogen and oxygen atoms in total. The van der Waals surface area contributed by atoms with Crippen molar-refractivity contribution in [1.29, 1.82) is 0 Å². The summed E-state index contributed by atoms with van der Waals surface area (Å²) in [6.07, 6.45) is -2.73. The smallest absolute Gasteiger partial charge is 0.352 e. The minimum absolute atomic E-state index is 0.0184. The SMILES string of the molecule is FC(F)(F)c1cc2[nH]c(N3CCN(c4ncccc4Cl)CC3)nc2cc1Br. The summed E-state index contributed by atoms with van der Waals surface area (Å²) in [4.78, 5) is 15.9. The summed E-state index contributed by atoms with van der Waals surface area (Å²) in [5.74, 6) is 1.30. The van der Waals surface area contributed by atoms with Crippen LogP contribution >= 0.6 is 27.5 Å². The summed E-state index contributed by atoms with van der Waals surface area (Å²) in [7, 11) is 0. The molecule has 3 aromatic rings. The van der Waals surface area contributed by atoms with Crippen LogP contribution < -0.4 is 9.80 Å². The number of H-pyrrole nitrogens is 1. The van der Waals surface area contributed by atoms with Gasteiger partial charge in [-0.15, -0.1) is 0 Å². The second kappa shape index (κ2) is 6.87. The number of halogens is 5. The van der Waals surface area contributed by atoms with Gasteiger partial charge in [-0.3, -0.25) is 0 Å². The zero-order chi connectivity index (χ0) is 19.2. The first-order valence-corrected chi connectivity index (χ1v) is 9.37. The van der Waals surface area contributed by atoms with Crippen molar-refractivity contribution in [3.05, 3.63) is 45.5 Å². The first-order chi connectivity index (χ1) is 12.8. The minimum Gasteiger partial charge on any atom is -0.352 e. The summed E-state index contributed by atoms with van der Waals surface area (Å²) in [5.41, 5.74) is 0.121. The van der Waals surface area contributed by atoms with Crippen LogP contribution in [0.2, 0.25) is 5.02 Å². The Morgan fingerprint density at radius 1 is 1.11 bits per heavy atom. The van der Waals surface area contributed by atoms with E-state index in [1.807, 2.05) is 4.90 Å². The second-order valence-corrected chi connectivity index (χ2v) is 7.45. The second-order valence-electron chi connectivity index (χ2n) is 6.19. The zero-order valence-electron chi connectivity index (χ0n) is 13.9. The Balaban J connectivity index is 1.55. The summed E-state index contributed by atoms with van der Waals surface area (Å²) in [6.45, 7) is 2.68. The van der Waals surface area contributed by atoms with E-state index in [1.165, 1.54) is 6.07 Å². The van der Waals surface area contributed by atoms with Crippen LogP contribution in [0.3, 0.4) is 0 Å². The molecule has 1 aliphatic rings. The molecule has 0 radical (unpaired) electrons. The number of aromatic amines is 1. The molecule has 1 N–H and O–H groups in total. The molecule has 142 valence electrons. The van der Waals surface area contributed by atoms with Crippen molar-refractivity contribution in [2.45, 2.75) is 6.18 Å². The Morgan fingerprint density at radius 3 is 2.48 bits per heavy atom. The number of rotatable bonds is 2. The normalized spacial score (nSPS) is 15.6. The predicted octanol–water partition coefficient (Wildman–Crippen LogP) is 4.72. The maximum absolute atomic E-state index is 13.1. The molecule has 0 unspecified atom stereocenters. The fourth-order valence-corrected chi connectivity index (χ4v) is 3.92. The van der Waals surface area contributed by atoms with E-state index < -0.39 is 11.7 Å². The van der Waals surface area contributed by atoms with Gasteiger partial charge in [0.05, 0.1) is 21.6 Å². The van der Waals surface area contributed by atoms with Gasteiger partial charge in [0, 0.05) is 36.8 Å². The standard InChI is InChI=1S/C17H14BrClF3N5/c18-11-9-14-13(8-10(11)17(20,21)22)24-16(25-14)27-6-4-26(5-7-27)15-12(19)2-1-3-23-15/h1-3,8-9H,4-7H2,(H,24,25). The minimum atomic E-state index is -4.42. The monoisotopic (exact) mass is 459 g/mol. The van der Waals surface area contributed by atoms with Gasteiger partial charge in [0.15, 0.2) is 0 Å². The van der Waals surface area contributed by atoms with Gasteiger partial charge in [-0.25, -0.2) is 9.97 Å². The highest BCUT2D eigenvalue weighted by Gasteiger charge is 2.33. The molecular weight excluding hydrogens is 447 g/mol. The molecule has 27 heavy (non-hydrogen) atoms. The molecule has 1 saturated heterocycles. The number of anilines is 2. The molecule has 1 fully saturated rings. The Labute approximate surface area is 166 Å². The lowest BCUT2D eigenvalue weighted by Gasteiger charge is -2.35. The molecule has 0 amide bonds.